The Hall–Kier alpha value is -3.65. The smallest absolute Gasteiger partial charge is 0.339 e. The zero-order valence-electron chi connectivity index (χ0n) is 19.2. The number of hydrogen-bond acceptors (Lipinski definition) is 5. The van der Waals surface area contributed by atoms with Crippen LogP contribution < -0.4 is 4.74 Å². The molecule has 1 aliphatic rings. The number of piperidine rings is 1. The van der Waals surface area contributed by atoms with Crippen LogP contribution in [0.25, 0.3) is 10.9 Å². The molecule has 1 saturated heterocycles. The standard InChI is InChI=1S/C26H27FN4O3/c1-17-12-23(33-2)22(21-8-10-28-25(17)21)16-30-11-9-20(31-15-19(27)14-29-31)13-24(30)34-26(32)18-6-4-3-5-7-18/h3-8,10,12,14-15,20,24,28H,9,11,13,16H2,1-2H3. The maximum Gasteiger partial charge on any atom is 0.339 e. The molecule has 0 spiro atoms. The first kappa shape index (κ1) is 22.2. The molecule has 7 nitrogen and oxygen atoms in total. The Kier molecular flexibility index (Phi) is 6.06. The fourth-order valence-corrected chi connectivity index (χ4v) is 4.77. The van der Waals surface area contributed by atoms with E-state index < -0.39 is 6.23 Å². The first-order valence-corrected chi connectivity index (χ1v) is 11.4. The molecule has 176 valence electrons. The van der Waals surface area contributed by atoms with Crippen LogP contribution in [0.2, 0.25) is 0 Å². The zero-order chi connectivity index (χ0) is 23.7. The van der Waals surface area contributed by atoms with Gasteiger partial charge in [0.25, 0.3) is 0 Å². The van der Waals surface area contributed by atoms with E-state index in [0.717, 1.165) is 34.2 Å². The number of halogens is 1. The molecule has 0 amide bonds. The van der Waals surface area contributed by atoms with Gasteiger partial charge in [0.05, 0.1) is 31.1 Å². The summed E-state index contributed by atoms with van der Waals surface area (Å²) in [6.07, 6.45) is 5.28. The number of ether oxygens (including phenoxy) is 2. The van der Waals surface area contributed by atoms with Crippen LogP contribution in [0, 0.1) is 12.7 Å². The molecule has 1 aliphatic heterocycles. The van der Waals surface area contributed by atoms with Gasteiger partial charge in [-0.3, -0.25) is 9.58 Å². The first-order chi connectivity index (χ1) is 16.5. The Labute approximate surface area is 197 Å². The minimum Gasteiger partial charge on any atom is -0.496 e. The monoisotopic (exact) mass is 462 g/mol. The molecular weight excluding hydrogens is 435 g/mol. The number of likely N-dealkylation sites (tertiary alicyclic amines) is 1. The highest BCUT2D eigenvalue weighted by Crippen LogP contribution is 2.35. The van der Waals surface area contributed by atoms with Gasteiger partial charge in [-0.15, -0.1) is 0 Å². The van der Waals surface area contributed by atoms with E-state index in [9.17, 15) is 9.18 Å². The van der Waals surface area contributed by atoms with Crippen molar-refractivity contribution in [3.63, 3.8) is 0 Å². The number of carbonyl (C=O) groups excluding carboxylic acids is 1. The Morgan fingerprint density at radius 2 is 2.09 bits per heavy atom. The number of hydrogen-bond donors (Lipinski definition) is 1. The van der Waals surface area contributed by atoms with Crippen molar-refractivity contribution in [2.75, 3.05) is 13.7 Å². The van der Waals surface area contributed by atoms with E-state index in [1.54, 1.807) is 23.9 Å². The number of H-pyrrole nitrogens is 1. The molecule has 2 unspecified atom stereocenters. The second-order valence-electron chi connectivity index (χ2n) is 8.65. The van der Waals surface area contributed by atoms with Crippen LogP contribution in [-0.2, 0) is 11.3 Å². The van der Waals surface area contributed by atoms with Gasteiger partial charge < -0.3 is 14.5 Å². The van der Waals surface area contributed by atoms with E-state index in [1.165, 1.54) is 12.4 Å². The lowest BCUT2D eigenvalue weighted by Gasteiger charge is -2.39. The summed E-state index contributed by atoms with van der Waals surface area (Å²) < 4.78 is 27.0. The Morgan fingerprint density at radius 3 is 2.82 bits per heavy atom. The Morgan fingerprint density at radius 1 is 1.26 bits per heavy atom. The molecule has 0 aliphatic carbocycles. The number of aromatic amines is 1. The second kappa shape index (κ2) is 9.30. The van der Waals surface area contributed by atoms with Crippen LogP contribution in [-0.4, -0.2) is 45.5 Å². The molecule has 2 atom stereocenters. The third-order valence-corrected chi connectivity index (χ3v) is 6.52. The predicted octanol–water partition coefficient (Wildman–Crippen LogP) is 4.84. The highest BCUT2D eigenvalue weighted by Gasteiger charge is 2.34. The largest absolute Gasteiger partial charge is 0.496 e. The molecule has 5 rings (SSSR count). The summed E-state index contributed by atoms with van der Waals surface area (Å²) in [5.74, 6) is 0.0408. The summed E-state index contributed by atoms with van der Waals surface area (Å²) in [6.45, 7) is 3.25. The normalized spacial score (nSPS) is 18.8. The van der Waals surface area contributed by atoms with Gasteiger partial charge in [0.15, 0.2) is 12.0 Å². The van der Waals surface area contributed by atoms with Crippen LogP contribution in [0.15, 0.2) is 61.1 Å². The van der Waals surface area contributed by atoms with Gasteiger partial charge in [0.2, 0.25) is 0 Å². The molecule has 2 aromatic heterocycles. The topological polar surface area (TPSA) is 72.4 Å². The van der Waals surface area contributed by atoms with Crippen molar-refractivity contribution in [3.8, 4) is 5.75 Å². The number of benzene rings is 2. The van der Waals surface area contributed by atoms with Gasteiger partial charge in [0, 0.05) is 42.2 Å². The second-order valence-corrected chi connectivity index (χ2v) is 8.65. The highest BCUT2D eigenvalue weighted by atomic mass is 19.1. The zero-order valence-corrected chi connectivity index (χ0v) is 19.2. The van der Waals surface area contributed by atoms with E-state index in [0.29, 0.717) is 25.1 Å². The number of fused-ring (bicyclic) bond motifs is 1. The molecule has 0 radical (unpaired) electrons. The molecule has 2 aromatic carbocycles. The number of rotatable bonds is 6. The van der Waals surface area contributed by atoms with E-state index in [4.69, 9.17) is 9.47 Å². The minimum absolute atomic E-state index is 0.0680. The van der Waals surface area contributed by atoms with E-state index in [1.807, 2.05) is 43.5 Å². The lowest BCUT2D eigenvalue weighted by atomic mass is 10.00. The van der Waals surface area contributed by atoms with Gasteiger partial charge in [-0.2, -0.15) is 5.10 Å². The third-order valence-electron chi connectivity index (χ3n) is 6.52. The van der Waals surface area contributed by atoms with E-state index >= 15 is 0 Å². The number of nitrogens with zero attached hydrogens (tertiary/aromatic N) is 3. The molecule has 8 heteroatoms. The van der Waals surface area contributed by atoms with Crippen LogP contribution in [0.3, 0.4) is 0 Å². The number of aryl methyl sites for hydroxylation is 1. The van der Waals surface area contributed by atoms with Crippen molar-refractivity contribution in [2.45, 2.75) is 38.6 Å². The molecule has 3 heterocycles. The van der Waals surface area contributed by atoms with Gasteiger partial charge in [-0.05, 0) is 43.2 Å². The van der Waals surface area contributed by atoms with E-state index in [-0.39, 0.29) is 17.8 Å². The molecule has 1 N–H and O–H groups in total. The maximum absolute atomic E-state index is 13.6. The quantitative estimate of drug-likeness (QED) is 0.415. The maximum atomic E-state index is 13.6. The highest BCUT2D eigenvalue weighted by molar-refractivity contribution is 5.89. The SMILES string of the molecule is COc1cc(C)c2[nH]ccc2c1CN1CCC(n2cc(F)cn2)CC1OC(=O)c1ccccc1. The van der Waals surface area contributed by atoms with Crippen molar-refractivity contribution in [2.24, 2.45) is 0 Å². The first-order valence-electron chi connectivity index (χ1n) is 11.4. The van der Waals surface area contributed by atoms with Gasteiger partial charge >= 0.3 is 5.97 Å². The van der Waals surface area contributed by atoms with Gasteiger partial charge in [-0.25, -0.2) is 9.18 Å². The van der Waals surface area contributed by atoms with Crippen LogP contribution in [0.4, 0.5) is 4.39 Å². The average molecular weight is 463 g/mol. The summed E-state index contributed by atoms with van der Waals surface area (Å²) >= 11 is 0. The Balaban J connectivity index is 1.45. The molecule has 0 saturated carbocycles. The lowest BCUT2D eigenvalue weighted by Crippen LogP contribution is -2.45. The minimum atomic E-state index is -0.501. The van der Waals surface area contributed by atoms with Crippen LogP contribution >= 0.6 is 0 Å². The lowest BCUT2D eigenvalue weighted by molar-refractivity contribution is -0.0666. The molecule has 0 bridgehead atoms. The van der Waals surface area contributed by atoms with Crippen molar-refractivity contribution in [1.82, 2.24) is 19.7 Å². The third kappa shape index (κ3) is 4.28. The summed E-state index contributed by atoms with van der Waals surface area (Å²) in [5.41, 5.74) is 3.70. The number of aromatic nitrogens is 3. The summed E-state index contributed by atoms with van der Waals surface area (Å²) in [4.78, 5) is 18.4. The number of esters is 1. The number of carbonyl (C=O) groups is 1. The van der Waals surface area contributed by atoms with Gasteiger partial charge in [-0.1, -0.05) is 18.2 Å². The molecule has 34 heavy (non-hydrogen) atoms. The Bertz CT molecular complexity index is 1300. The van der Waals surface area contributed by atoms with E-state index in [2.05, 4.69) is 15.0 Å². The molecular formula is C26H27FN4O3. The summed E-state index contributed by atoms with van der Waals surface area (Å²) in [7, 11) is 1.67. The van der Waals surface area contributed by atoms with Crippen molar-refractivity contribution in [1.29, 1.82) is 0 Å². The predicted molar refractivity (Wildman–Crippen MR) is 126 cm³/mol. The van der Waals surface area contributed by atoms with Gasteiger partial charge in [0.1, 0.15) is 5.75 Å². The van der Waals surface area contributed by atoms with Crippen LogP contribution in [0.5, 0.6) is 5.75 Å². The summed E-state index contributed by atoms with van der Waals surface area (Å²) in [5, 5.41) is 5.23. The fraction of sp³-hybridized carbons (Fsp3) is 0.308. The average Bonchev–Trinajstić information content (AvgIpc) is 3.52. The molecule has 1 fully saturated rings. The number of nitrogens with one attached hydrogen (secondary N) is 1. The van der Waals surface area contributed by atoms with Crippen molar-refractivity contribution in [3.05, 3.63) is 83.6 Å². The fourth-order valence-electron chi connectivity index (χ4n) is 4.77. The number of methoxy groups -OCH3 is 1. The molecule has 4 aromatic rings. The summed E-state index contributed by atoms with van der Waals surface area (Å²) in [6, 6.07) is 13.0. The van der Waals surface area contributed by atoms with Crippen molar-refractivity contribution < 1.29 is 18.7 Å². The van der Waals surface area contributed by atoms with Crippen molar-refractivity contribution >= 4 is 16.9 Å². The van der Waals surface area contributed by atoms with Crippen LogP contribution in [0.1, 0.15) is 40.4 Å².